The van der Waals surface area contributed by atoms with Crippen molar-refractivity contribution < 1.29 is 9.53 Å². The van der Waals surface area contributed by atoms with Crippen LogP contribution in [0.4, 0.5) is 5.69 Å². The molecule has 0 aromatic heterocycles. The van der Waals surface area contributed by atoms with E-state index in [-0.39, 0.29) is 18.1 Å². The van der Waals surface area contributed by atoms with Gasteiger partial charge in [0.25, 0.3) is 5.91 Å². The molecule has 0 radical (unpaired) electrons. The van der Waals surface area contributed by atoms with E-state index < -0.39 is 0 Å². The van der Waals surface area contributed by atoms with Gasteiger partial charge in [-0.25, -0.2) is 0 Å². The molecule has 1 aromatic rings. The number of carbonyl (C=O) groups is 1. The van der Waals surface area contributed by atoms with Gasteiger partial charge in [0.05, 0.1) is 18.8 Å². The van der Waals surface area contributed by atoms with Crippen LogP contribution in [0.1, 0.15) is 37.6 Å². The van der Waals surface area contributed by atoms with Crippen molar-refractivity contribution in [3.05, 3.63) is 29.8 Å². The van der Waals surface area contributed by atoms with Crippen LogP contribution in [-0.4, -0.2) is 42.6 Å². The third kappa shape index (κ3) is 3.31. The number of nitrogens with one attached hydrogen (secondary N) is 1. The molecule has 1 saturated heterocycles. The second-order valence-electron chi connectivity index (χ2n) is 5.27. The fraction of sp³-hybridized carbons (Fsp3) is 0.562. The Morgan fingerprint density at radius 2 is 2.05 bits per heavy atom. The summed E-state index contributed by atoms with van der Waals surface area (Å²) in [6.45, 7) is 8.36. The van der Waals surface area contributed by atoms with Gasteiger partial charge in [-0.3, -0.25) is 4.79 Å². The van der Waals surface area contributed by atoms with Gasteiger partial charge in [0.2, 0.25) is 0 Å². The van der Waals surface area contributed by atoms with Crippen molar-refractivity contribution in [2.45, 2.75) is 39.3 Å². The van der Waals surface area contributed by atoms with E-state index in [0.29, 0.717) is 13.2 Å². The predicted molar refractivity (Wildman–Crippen MR) is 81.1 cm³/mol. The molecule has 2 rings (SSSR count). The molecule has 0 spiro atoms. The van der Waals surface area contributed by atoms with Crippen molar-refractivity contribution in [3.63, 3.8) is 0 Å². The molecule has 4 heteroatoms. The SMILES string of the molecule is CCNc1ccc(C(=O)N2CC(C)OCC2CC)cc1. The maximum Gasteiger partial charge on any atom is 0.254 e. The summed E-state index contributed by atoms with van der Waals surface area (Å²) >= 11 is 0. The molecule has 1 aliphatic rings. The van der Waals surface area contributed by atoms with Gasteiger partial charge in [-0.2, -0.15) is 0 Å². The number of anilines is 1. The van der Waals surface area contributed by atoms with Gasteiger partial charge < -0.3 is 15.0 Å². The highest BCUT2D eigenvalue weighted by Gasteiger charge is 2.29. The summed E-state index contributed by atoms with van der Waals surface area (Å²) in [6.07, 6.45) is 1.04. The highest BCUT2D eigenvalue weighted by Crippen LogP contribution is 2.19. The van der Waals surface area contributed by atoms with E-state index in [2.05, 4.69) is 19.2 Å². The Bertz CT molecular complexity index is 444. The van der Waals surface area contributed by atoms with Gasteiger partial charge in [-0.15, -0.1) is 0 Å². The quantitative estimate of drug-likeness (QED) is 0.919. The zero-order valence-corrected chi connectivity index (χ0v) is 12.6. The summed E-state index contributed by atoms with van der Waals surface area (Å²) in [5.41, 5.74) is 1.80. The molecular weight excluding hydrogens is 252 g/mol. The summed E-state index contributed by atoms with van der Waals surface area (Å²) in [5.74, 6) is 0.107. The molecule has 2 atom stereocenters. The number of carbonyl (C=O) groups excluding carboxylic acids is 1. The van der Waals surface area contributed by atoms with Crippen molar-refractivity contribution in [1.29, 1.82) is 0 Å². The summed E-state index contributed by atoms with van der Waals surface area (Å²) in [5, 5.41) is 3.24. The van der Waals surface area contributed by atoms with E-state index in [9.17, 15) is 4.79 Å². The molecule has 110 valence electrons. The van der Waals surface area contributed by atoms with E-state index in [0.717, 1.165) is 24.2 Å². The third-order valence-corrected chi connectivity index (χ3v) is 3.71. The number of morpholine rings is 1. The Hall–Kier alpha value is -1.55. The van der Waals surface area contributed by atoms with E-state index in [1.165, 1.54) is 0 Å². The van der Waals surface area contributed by atoms with Crippen molar-refractivity contribution in [2.24, 2.45) is 0 Å². The van der Waals surface area contributed by atoms with E-state index in [1.807, 2.05) is 36.1 Å². The molecule has 1 fully saturated rings. The molecule has 4 nitrogen and oxygen atoms in total. The first-order chi connectivity index (χ1) is 9.65. The maximum atomic E-state index is 12.6. The standard InChI is InChI=1S/C16H24N2O2/c1-4-15-11-20-12(3)10-18(15)16(19)13-6-8-14(9-7-13)17-5-2/h6-9,12,15,17H,4-5,10-11H2,1-3H3. The van der Waals surface area contributed by atoms with Gasteiger partial charge in [0, 0.05) is 24.3 Å². The first-order valence-corrected chi connectivity index (χ1v) is 7.42. The molecular formula is C16H24N2O2. The zero-order valence-electron chi connectivity index (χ0n) is 12.6. The minimum absolute atomic E-state index is 0.107. The number of amides is 1. The summed E-state index contributed by atoms with van der Waals surface area (Å²) < 4.78 is 5.64. The van der Waals surface area contributed by atoms with Gasteiger partial charge in [-0.1, -0.05) is 6.92 Å². The summed E-state index contributed by atoms with van der Waals surface area (Å²) in [6, 6.07) is 7.90. The van der Waals surface area contributed by atoms with Gasteiger partial charge in [0.15, 0.2) is 0 Å². The predicted octanol–water partition coefficient (Wildman–Crippen LogP) is 2.76. The van der Waals surface area contributed by atoms with Crippen molar-refractivity contribution in [1.82, 2.24) is 4.90 Å². The Labute approximate surface area is 121 Å². The Morgan fingerprint density at radius 3 is 2.65 bits per heavy atom. The zero-order chi connectivity index (χ0) is 14.5. The molecule has 0 bridgehead atoms. The van der Waals surface area contributed by atoms with Crippen LogP contribution < -0.4 is 5.32 Å². The van der Waals surface area contributed by atoms with Crippen LogP contribution in [0.15, 0.2) is 24.3 Å². The van der Waals surface area contributed by atoms with Crippen LogP contribution in [-0.2, 0) is 4.74 Å². The van der Waals surface area contributed by atoms with E-state index in [1.54, 1.807) is 0 Å². The van der Waals surface area contributed by atoms with E-state index in [4.69, 9.17) is 4.74 Å². The monoisotopic (exact) mass is 276 g/mol. The average Bonchev–Trinajstić information content (AvgIpc) is 2.47. The number of benzene rings is 1. The van der Waals surface area contributed by atoms with Crippen molar-refractivity contribution in [3.8, 4) is 0 Å². The summed E-state index contributed by atoms with van der Waals surface area (Å²) in [4.78, 5) is 14.6. The lowest BCUT2D eigenvalue weighted by Crippen LogP contribution is -2.51. The fourth-order valence-electron chi connectivity index (χ4n) is 2.53. The largest absolute Gasteiger partial charge is 0.385 e. The van der Waals surface area contributed by atoms with Crippen LogP contribution in [0, 0.1) is 0 Å². The lowest BCUT2D eigenvalue weighted by Gasteiger charge is -2.38. The molecule has 20 heavy (non-hydrogen) atoms. The number of hydrogen-bond donors (Lipinski definition) is 1. The first-order valence-electron chi connectivity index (χ1n) is 7.42. The number of hydrogen-bond acceptors (Lipinski definition) is 3. The fourth-order valence-corrected chi connectivity index (χ4v) is 2.53. The second-order valence-corrected chi connectivity index (χ2v) is 5.27. The molecule has 1 aromatic carbocycles. The average molecular weight is 276 g/mol. The topological polar surface area (TPSA) is 41.6 Å². The first kappa shape index (κ1) is 14.9. The Morgan fingerprint density at radius 1 is 1.35 bits per heavy atom. The molecule has 1 N–H and O–H groups in total. The Kier molecular flexibility index (Phi) is 5.01. The molecule has 0 aliphatic carbocycles. The molecule has 1 heterocycles. The van der Waals surface area contributed by atoms with Crippen LogP contribution in [0.5, 0.6) is 0 Å². The van der Waals surface area contributed by atoms with Gasteiger partial charge >= 0.3 is 0 Å². The molecule has 0 saturated carbocycles. The highest BCUT2D eigenvalue weighted by molar-refractivity contribution is 5.94. The summed E-state index contributed by atoms with van der Waals surface area (Å²) in [7, 11) is 0. The third-order valence-electron chi connectivity index (χ3n) is 3.71. The van der Waals surface area contributed by atoms with Crippen molar-refractivity contribution >= 4 is 11.6 Å². The maximum absolute atomic E-state index is 12.6. The molecule has 1 aliphatic heterocycles. The molecule has 2 unspecified atom stereocenters. The second kappa shape index (κ2) is 6.75. The lowest BCUT2D eigenvalue weighted by atomic mass is 10.1. The van der Waals surface area contributed by atoms with Crippen LogP contribution >= 0.6 is 0 Å². The minimum atomic E-state index is 0.107. The smallest absolute Gasteiger partial charge is 0.254 e. The number of nitrogens with zero attached hydrogens (tertiary/aromatic N) is 1. The lowest BCUT2D eigenvalue weighted by molar-refractivity contribution is -0.0444. The van der Waals surface area contributed by atoms with Crippen LogP contribution in [0.3, 0.4) is 0 Å². The number of rotatable bonds is 4. The highest BCUT2D eigenvalue weighted by atomic mass is 16.5. The van der Waals surface area contributed by atoms with Crippen LogP contribution in [0.25, 0.3) is 0 Å². The Balaban J connectivity index is 2.12. The normalized spacial score (nSPS) is 22.6. The van der Waals surface area contributed by atoms with Crippen molar-refractivity contribution in [2.75, 3.05) is 25.0 Å². The van der Waals surface area contributed by atoms with Gasteiger partial charge in [0.1, 0.15) is 0 Å². The van der Waals surface area contributed by atoms with E-state index >= 15 is 0 Å². The minimum Gasteiger partial charge on any atom is -0.385 e. The molecule has 1 amide bonds. The van der Waals surface area contributed by atoms with Crippen LogP contribution in [0.2, 0.25) is 0 Å². The number of ether oxygens (including phenoxy) is 1. The van der Waals surface area contributed by atoms with Gasteiger partial charge in [-0.05, 0) is 44.5 Å².